The summed E-state index contributed by atoms with van der Waals surface area (Å²) in [5, 5.41) is 3.28. The van der Waals surface area contributed by atoms with E-state index in [0.29, 0.717) is 37.4 Å². The maximum atomic E-state index is 13.1. The number of carbonyl (C=O) groups excluding carboxylic acids is 2. The largest absolute Gasteiger partial charge is 0.349 e. The number of halogens is 1. The van der Waals surface area contributed by atoms with Gasteiger partial charge in [-0.1, -0.05) is 29.8 Å². The summed E-state index contributed by atoms with van der Waals surface area (Å²) in [6, 6.07) is 14.1. The molecule has 1 saturated heterocycles. The first-order chi connectivity index (χ1) is 14.0. The maximum absolute atomic E-state index is 13.1. The van der Waals surface area contributed by atoms with Crippen molar-refractivity contribution in [3.05, 3.63) is 71.0 Å². The van der Waals surface area contributed by atoms with Crippen LogP contribution in [0.25, 0.3) is 0 Å². The van der Waals surface area contributed by atoms with Gasteiger partial charge in [0.2, 0.25) is 5.91 Å². The lowest BCUT2D eigenvalue weighted by Crippen LogP contribution is -2.44. The normalized spacial score (nSPS) is 18.3. The van der Waals surface area contributed by atoms with Crippen molar-refractivity contribution >= 4 is 11.8 Å². The molecular formula is C24H27FN2O2. The molecule has 0 bridgehead atoms. The molecule has 1 aliphatic carbocycles. The van der Waals surface area contributed by atoms with Crippen LogP contribution in [0.5, 0.6) is 0 Å². The van der Waals surface area contributed by atoms with Gasteiger partial charge in [0.05, 0.1) is 6.04 Å². The number of rotatable bonds is 5. The second kappa shape index (κ2) is 8.36. The van der Waals surface area contributed by atoms with Gasteiger partial charge in [0.25, 0.3) is 5.91 Å². The molecule has 2 aromatic carbocycles. The van der Waals surface area contributed by atoms with Crippen LogP contribution in [0.2, 0.25) is 0 Å². The van der Waals surface area contributed by atoms with Crippen LogP contribution in [0.1, 0.15) is 53.2 Å². The van der Waals surface area contributed by atoms with E-state index in [1.54, 1.807) is 4.90 Å². The van der Waals surface area contributed by atoms with E-state index in [2.05, 4.69) is 36.5 Å². The van der Waals surface area contributed by atoms with Gasteiger partial charge in [-0.05, 0) is 68.4 Å². The van der Waals surface area contributed by atoms with E-state index in [-0.39, 0.29) is 29.6 Å². The number of nitrogens with one attached hydrogen (secondary N) is 1. The molecule has 0 aromatic heterocycles. The number of hydrogen-bond donors (Lipinski definition) is 1. The van der Waals surface area contributed by atoms with E-state index in [0.717, 1.165) is 12.8 Å². The van der Waals surface area contributed by atoms with Gasteiger partial charge in [0.1, 0.15) is 5.82 Å². The molecule has 2 aliphatic rings. The monoisotopic (exact) mass is 394 g/mol. The van der Waals surface area contributed by atoms with E-state index in [4.69, 9.17) is 0 Å². The highest BCUT2D eigenvalue weighted by molar-refractivity contribution is 5.94. The zero-order chi connectivity index (χ0) is 20.4. The predicted octanol–water partition coefficient (Wildman–Crippen LogP) is 4.25. The number of hydrogen-bond acceptors (Lipinski definition) is 2. The highest BCUT2D eigenvalue weighted by Gasteiger charge is 2.35. The highest BCUT2D eigenvalue weighted by atomic mass is 19.1. The summed E-state index contributed by atoms with van der Waals surface area (Å²) >= 11 is 0. The van der Waals surface area contributed by atoms with Crippen molar-refractivity contribution in [1.29, 1.82) is 0 Å². The molecule has 1 heterocycles. The number of amides is 2. The summed E-state index contributed by atoms with van der Waals surface area (Å²) in [6.07, 6.45) is 3.63. The van der Waals surface area contributed by atoms with Gasteiger partial charge < -0.3 is 10.2 Å². The van der Waals surface area contributed by atoms with Gasteiger partial charge in [-0.3, -0.25) is 9.59 Å². The van der Waals surface area contributed by atoms with Crippen LogP contribution in [-0.2, 0) is 4.79 Å². The molecule has 1 aliphatic heterocycles. The number of carbonyl (C=O) groups is 2. The first-order valence-electron chi connectivity index (χ1n) is 10.4. The van der Waals surface area contributed by atoms with Crippen LogP contribution in [0.15, 0.2) is 48.5 Å². The smallest absolute Gasteiger partial charge is 0.253 e. The third kappa shape index (κ3) is 4.66. The zero-order valence-electron chi connectivity index (χ0n) is 16.7. The van der Waals surface area contributed by atoms with Gasteiger partial charge in [0, 0.05) is 24.6 Å². The summed E-state index contributed by atoms with van der Waals surface area (Å²) in [5.41, 5.74) is 2.88. The summed E-state index contributed by atoms with van der Waals surface area (Å²) in [6.45, 7) is 3.16. The first kappa shape index (κ1) is 19.6. The molecule has 1 saturated carbocycles. The van der Waals surface area contributed by atoms with E-state index < -0.39 is 0 Å². The summed E-state index contributed by atoms with van der Waals surface area (Å²) in [4.78, 5) is 27.2. The lowest BCUT2D eigenvalue weighted by molar-refractivity contribution is -0.127. The summed E-state index contributed by atoms with van der Waals surface area (Å²) in [7, 11) is 0. The SMILES string of the molecule is Cc1ccc(C(NC(=O)C2CCN(C(=O)c3ccc(F)cc3)CC2)C2CC2)cc1. The average Bonchev–Trinajstić information content (AvgIpc) is 3.58. The fourth-order valence-electron chi connectivity index (χ4n) is 4.07. The minimum Gasteiger partial charge on any atom is -0.349 e. The van der Waals surface area contributed by atoms with Crippen molar-refractivity contribution in [2.75, 3.05) is 13.1 Å². The number of aryl methyl sites for hydroxylation is 1. The average molecular weight is 394 g/mol. The van der Waals surface area contributed by atoms with E-state index in [1.807, 2.05) is 0 Å². The van der Waals surface area contributed by atoms with Gasteiger partial charge in [-0.15, -0.1) is 0 Å². The molecule has 0 spiro atoms. The standard InChI is InChI=1S/C24H27FN2O2/c1-16-2-4-17(5-3-16)22(18-6-7-18)26-23(28)19-12-14-27(15-13-19)24(29)20-8-10-21(25)11-9-20/h2-5,8-11,18-19,22H,6-7,12-15H2,1H3,(H,26,28). The molecule has 2 aromatic rings. The number of benzene rings is 2. The molecule has 2 fully saturated rings. The number of likely N-dealkylation sites (tertiary alicyclic amines) is 1. The molecule has 2 amide bonds. The Labute approximate surface area is 171 Å². The second-order valence-corrected chi connectivity index (χ2v) is 8.31. The van der Waals surface area contributed by atoms with Crippen molar-refractivity contribution in [2.24, 2.45) is 11.8 Å². The van der Waals surface area contributed by atoms with Crippen molar-refractivity contribution < 1.29 is 14.0 Å². The molecule has 0 radical (unpaired) electrons. The number of nitrogens with zero attached hydrogens (tertiary/aromatic N) is 1. The Morgan fingerprint density at radius 2 is 1.59 bits per heavy atom. The number of piperidine rings is 1. The van der Waals surface area contributed by atoms with Crippen LogP contribution >= 0.6 is 0 Å². The summed E-state index contributed by atoms with van der Waals surface area (Å²) < 4.78 is 13.1. The Morgan fingerprint density at radius 1 is 0.966 bits per heavy atom. The topological polar surface area (TPSA) is 49.4 Å². The Bertz CT molecular complexity index is 867. The molecule has 1 atom stereocenters. The van der Waals surface area contributed by atoms with Crippen LogP contribution < -0.4 is 5.32 Å². The molecule has 152 valence electrons. The lowest BCUT2D eigenvalue weighted by Gasteiger charge is -2.32. The van der Waals surface area contributed by atoms with Crippen LogP contribution in [0.3, 0.4) is 0 Å². The molecule has 1 N–H and O–H groups in total. The van der Waals surface area contributed by atoms with Crippen LogP contribution in [0.4, 0.5) is 4.39 Å². The predicted molar refractivity (Wildman–Crippen MR) is 110 cm³/mol. The maximum Gasteiger partial charge on any atom is 0.253 e. The van der Waals surface area contributed by atoms with Gasteiger partial charge in [-0.25, -0.2) is 4.39 Å². The second-order valence-electron chi connectivity index (χ2n) is 8.31. The third-order valence-electron chi connectivity index (χ3n) is 6.07. The third-order valence-corrected chi connectivity index (χ3v) is 6.07. The first-order valence-corrected chi connectivity index (χ1v) is 10.4. The summed E-state index contributed by atoms with van der Waals surface area (Å²) in [5.74, 6) is 0.104. The Hall–Kier alpha value is -2.69. The van der Waals surface area contributed by atoms with Crippen molar-refractivity contribution in [3.8, 4) is 0 Å². The molecule has 4 nitrogen and oxygen atoms in total. The molecule has 29 heavy (non-hydrogen) atoms. The molecular weight excluding hydrogens is 367 g/mol. The van der Waals surface area contributed by atoms with Crippen LogP contribution in [-0.4, -0.2) is 29.8 Å². The highest BCUT2D eigenvalue weighted by Crippen LogP contribution is 2.41. The zero-order valence-corrected chi connectivity index (χ0v) is 16.7. The quantitative estimate of drug-likeness (QED) is 0.824. The fraction of sp³-hybridized carbons (Fsp3) is 0.417. The Kier molecular flexibility index (Phi) is 5.65. The Balaban J connectivity index is 1.34. The van der Waals surface area contributed by atoms with Gasteiger partial charge in [-0.2, -0.15) is 0 Å². The Morgan fingerprint density at radius 3 is 2.17 bits per heavy atom. The van der Waals surface area contributed by atoms with Crippen molar-refractivity contribution in [3.63, 3.8) is 0 Å². The molecule has 1 unspecified atom stereocenters. The minimum atomic E-state index is -0.351. The molecule has 5 heteroatoms. The van der Waals surface area contributed by atoms with E-state index in [9.17, 15) is 14.0 Å². The van der Waals surface area contributed by atoms with Crippen LogP contribution in [0, 0.1) is 24.6 Å². The minimum absolute atomic E-state index is 0.0704. The van der Waals surface area contributed by atoms with E-state index in [1.165, 1.54) is 35.4 Å². The lowest BCUT2D eigenvalue weighted by atomic mass is 9.93. The van der Waals surface area contributed by atoms with Crippen molar-refractivity contribution in [2.45, 2.75) is 38.6 Å². The molecule has 4 rings (SSSR count). The van der Waals surface area contributed by atoms with E-state index >= 15 is 0 Å². The van der Waals surface area contributed by atoms with Gasteiger partial charge in [0.15, 0.2) is 0 Å². The van der Waals surface area contributed by atoms with Gasteiger partial charge >= 0.3 is 0 Å². The fourth-order valence-corrected chi connectivity index (χ4v) is 4.07. The van der Waals surface area contributed by atoms with Crippen molar-refractivity contribution in [1.82, 2.24) is 10.2 Å².